The van der Waals surface area contributed by atoms with Gasteiger partial charge in [0.2, 0.25) is 17.7 Å². The van der Waals surface area contributed by atoms with E-state index in [0.29, 0.717) is 6.42 Å². The van der Waals surface area contributed by atoms with Gasteiger partial charge in [-0.2, -0.15) is 0 Å². The van der Waals surface area contributed by atoms with Crippen molar-refractivity contribution in [2.24, 2.45) is 17.8 Å². The van der Waals surface area contributed by atoms with Crippen LogP contribution >= 0.6 is 0 Å². The van der Waals surface area contributed by atoms with Crippen molar-refractivity contribution in [2.75, 3.05) is 13.7 Å². The monoisotopic (exact) mass is 457 g/mol. The lowest BCUT2D eigenvalue weighted by Gasteiger charge is -2.38. The number of aliphatic hydroxyl groups excluding tert-OH is 1. The van der Waals surface area contributed by atoms with E-state index in [-0.39, 0.29) is 30.2 Å². The molecular formula is C25H35N3O5. The van der Waals surface area contributed by atoms with Gasteiger partial charge in [-0.15, -0.1) is 0 Å². The summed E-state index contributed by atoms with van der Waals surface area (Å²) in [6.07, 6.45) is 0.485. The largest absolute Gasteiger partial charge is 0.394 e. The summed E-state index contributed by atoms with van der Waals surface area (Å²) in [5.41, 5.74) is -1.80. The number of carbonyl (C=O) groups excluding carboxylic acids is 3. The van der Waals surface area contributed by atoms with Crippen molar-refractivity contribution in [1.29, 1.82) is 0 Å². The molecule has 3 unspecified atom stereocenters. The van der Waals surface area contributed by atoms with E-state index >= 15 is 0 Å². The number of amides is 3. The van der Waals surface area contributed by atoms with Crippen LogP contribution in [0.2, 0.25) is 0 Å². The molecule has 3 aliphatic heterocycles. The molecular weight excluding hydrogens is 422 g/mol. The predicted octanol–water partition coefficient (Wildman–Crippen LogP) is 1.39. The van der Waals surface area contributed by atoms with Crippen LogP contribution in [0.15, 0.2) is 30.3 Å². The molecule has 4 rings (SSSR count). The van der Waals surface area contributed by atoms with E-state index in [0.717, 1.165) is 5.56 Å². The van der Waals surface area contributed by atoms with Crippen molar-refractivity contribution < 1.29 is 24.2 Å². The Hall–Kier alpha value is -2.45. The molecule has 7 atom stereocenters. The summed E-state index contributed by atoms with van der Waals surface area (Å²) in [5.74, 6) is -2.46. The summed E-state index contributed by atoms with van der Waals surface area (Å²) in [7, 11) is 1.55. The van der Waals surface area contributed by atoms with Crippen molar-refractivity contribution >= 4 is 17.7 Å². The summed E-state index contributed by atoms with van der Waals surface area (Å²) in [4.78, 5) is 42.4. The van der Waals surface area contributed by atoms with Crippen molar-refractivity contribution in [2.45, 2.75) is 69.9 Å². The van der Waals surface area contributed by atoms with Gasteiger partial charge in [0.15, 0.2) is 0 Å². The molecule has 0 aromatic heterocycles. The molecule has 8 nitrogen and oxygen atoms in total. The van der Waals surface area contributed by atoms with E-state index in [4.69, 9.17) is 4.74 Å². The van der Waals surface area contributed by atoms with Gasteiger partial charge in [0.25, 0.3) is 0 Å². The third-order valence-corrected chi connectivity index (χ3v) is 7.72. The Morgan fingerprint density at radius 1 is 1.24 bits per heavy atom. The molecule has 1 aromatic carbocycles. The Morgan fingerprint density at radius 2 is 1.88 bits per heavy atom. The molecule has 3 aliphatic rings. The number of ether oxygens (including phenoxy) is 1. The molecule has 3 amide bonds. The number of likely N-dealkylation sites (tertiary alicyclic amines) is 1. The minimum Gasteiger partial charge on any atom is -0.394 e. The molecule has 0 aliphatic carbocycles. The Kier molecular flexibility index (Phi) is 5.61. The summed E-state index contributed by atoms with van der Waals surface area (Å²) in [6, 6.07) is 7.49. The van der Waals surface area contributed by atoms with E-state index in [9.17, 15) is 19.5 Å². The molecule has 180 valence electrons. The minimum atomic E-state index is -1.14. The fraction of sp³-hybridized carbons (Fsp3) is 0.640. The highest BCUT2D eigenvalue weighted by molar-refractivity contribution is 5.99. The molecule has 3 heterocycles. The molecule has 8 heteroatoms. The second-order valence-corrected chi connectivity index (χ2v) is 10.9. The summed E-state index contributed by atoms with van der Waals surface area (Å²) >= 11 is 0. The molecule has 0 radical (unpaired) electrons. The molecule has 33 heavy (non-hydrogen) atoms. The van der Waals surface area contributed by atoms with Gasteiger partial charge in [0.1, 0.15) is 11.6 Å². The zero-order valence-electron chi connectivity index (χ0n) is 20.2. The smallest absolute Gasteiger partial charge is 0.246 e. The van der Waals surface area contributed by atoms with Gasteiger partial charge < -0.3 is 25.4 Å². The third-order valence-electron chi connectivity index (χ3n) is 7.72. The predicted molar refractivity (Wildman–Crippen MR) is 122 cm³/mol. The lowest BCUT2D eigenvalue weighted by molar-refractivity contribution is -0.151. The number of benzene rings is 1. The SMILES string of the molecule is CNC(=O)[C@@H]1[C@H]2C(=O)N([C@H](CO)c3ccccc3)C(C(=O)NC(C)(C)C)C23CC(C)[C@@]1(C)O3. The average Bonchev–Trinajstić information content (AvgIpc) is 3.25. The van der Waals surface area contributed by atoms with Crippen molar-refractivity contribution in [1.82, 2.24) is 15.5 Å². The Bertz CT molecular complexity index is 961. The van der Waals surface area contributed by atoms with E-state index < -0.39 is 40.7 Å². The summed E-state index contributed by atoms with van der Waals surface area (Å²) in [5, 5.41) is 16.1. The fourth-order valence-corrected chi connectivity index (χ4v) is 6.33. The van der Waals surface area contributed by atoms with Crippen LogP contribution in [-0.2, 0) is 19.1 Å². The first-order valence-electron chi connectivity index (χ1n) is 11.6. The number of fused-ring (bicyclic) bond motifs is 1. The first kappa shape index (κ1) is 23.7. The highest BCUT2D eigenvalue weighted by Crippen LogP contribution is 2.65. The summed E-state index contributed by atoms with van der Waals surface area (Å²) in [6.45, 7) is 9.18. The molecule has 3 N–H and O–H groups in total. The molecule has 1 spiro atoms. The number of aliphatic hydroxyl groups is 1. The topological polar surface area (TPSA) is 108 Å². The quantitative estimate of drug-likeness (QED) is 0.619. The molecule has 2 bridgehead atoms. The van der Waals surface area contributed by atoms with E-state index in [1.807, 2.05) is 65.0 Å². The number of hydrogen-bond donors (Lipinski definition) is 3. The number of hydrogen-bond acceptors (Lipinski definition) is 5. The molecule has 0 saturated carbocycles. The Labute approximate surface area is 195 Å². The highest BCUT2D eigenvalue weighted by atomic mass is 16.5. The second-order valence-electron chi connectivity index (χ2n) is 10.9. The van der Waals surface area contributed by atoms with Crippen LogP contribution in [0.25, 0.3) is 0 Å². The zero-order chi connectivity index (χ0) is 24.3. The first-order chi connectivity index (χ1) is 15.4. The lowest BCUT2D eigenvalue weighted by Crippen LogP contribution is -2.59. The maximum Gasteiger partial charge on any atom is 0.246 e. The van der Waals surface area contributed by atoms with Crippen molar-refractivity contribution in [3.63, 3.8) is 0 Å². The van der Waals surface area contributed by atoms with E-state index in [1.54, 1.807) is 7.05 Å². The van der Waals surface area contributed by atoms with Crippen LogP contribution in [0.5, 0.6) is 0 Å². The number of rotatable bonds is 5. The number of nitrogens with zero attached hydrogens (tertiary/aromatic N) is 1. The van der Waals surface area contributed by atoms with Crippen LogP contribution in [0.4, 0.5) is 0 Å². The van der Waals surface area contributed by atoms with Crippen molar-refractivity contribution in [3.8, 4) is 0 Å². The number of carbonyl (C=O) groups is 3. The summed E-state index contributed by atoms with van der Waals surface area (Å²) < 4.78 is 6.63. The normalized spacial score (nSPS) is 36.0. The van der Waals surface area contributed by atoms with Crippen molar-refractivity contribution in [3.05, 3.63) is 35.9 Å². The van der Waals surface area contributed by atoms with Gasteiger partial charge in [0.05, 0.1) is 30.1 Å². The maximum absolute atomic E-state index is 14.1. The minimum absolute atomic E-state index is 0.0296. The van der Waals surface area contributed by atoms with Crippen LogP contribution in [0.1, 0.15) is 52.6 Å². The van der Waals surface area contributed by atoms with Crippen LogP contribution in [0, 0.1) is 17.8 Å². The van der Waals surface area contributed by atoms with Gasteiger partial charge in [-0.05, 0) is 45.6 Å². The van der Waals surface area contributed by atoms with Crippen LogP contribution in [-0.4, -0.2) is 64.2 Å². The van der Waals surface area contributed by atoms with Crippen LogP contribution < -0.4 is 10.6 Å². The Morgan fingerprint density at radius 3 is 2.42 bits per heavy atom. The van der Waals surface area contributed by atoms with Gasteiger partial charge in [-0.3, -0.25) is 14.4 Å². The highest BCUT2D eigenvalue weighted by Gasteiger charge is 2.80. The van der Waals surface area contributed by atoms with Gasteiger partial charge in [-0.1, -0.05) is 37.3 Å². The first-order valence-corrected chi connectivity index (χ1v) is 11.6. The average molecular weight is 458 g/mol. The fourth-order valence-electron chi connectivity index (χ4n) is 6.33. The maximum atomic E-state index is 14.1. The number of nitrogens with one attached hydrogen (secondary N) is 2. The molecule has 1 aromatic rings. The molecule has 3 fully saturated rings. The molecule has 3 saturated heterocycles. The van der Waals surface area contributed by atoms with Gasteiger partial charge in [0, 0.05) is 12.6 Å². The lowest BCUT2D eigenvalue weighted by atomic mass is 9.62. The van der Waals surface area contributed by atoms with E-state index in [1.165, 1.54) is 4.90 Å². The second kappa shape index (κ2) is 7.81. The van der Waals surface area contributed by atoms with Gasteiger partial charge in [-0.25, -0.2) is 0 Å². The zero-order valence-corrected chi connectivity index (χ0v) is 20.2. The standard InChI is InChI=1S/C25H35N3O5/c1-14-12-25-18(17(20(30)26-6)24(14,5)33-25)22(32)28(19(25)21(31)27-23(2,3)4)16(13-29)15-10-8-7-9-11-15/h7-11,14,16-19,29H,12-13H2,1-6H3,(H,26,30)(H,27,31)/t14?,16-,17+,18+,19?,24-,25?/m1/s1. The third kappa shape index (κ3) is 3.37. The van der Waals surface area contributed by atoms with Crippen LogP contribution in [0.3, 0.4) is 0 Å². The Balaban J connectivity index is 1.88. The van der Waals surface area contributed by atoms with E-state index in [2.05, 4.69) is 10.6 Å². The van der Waals surface area contributed by atoms with Gasteiger partial charge >= 0.3 is 0 Å².